The van der Waals surface area contributed by atoms with E-state index >= 15 is 0 Å². The molecule has 2 heterocycles. The van der Waals surface area contributed by atoms with Crippen LogP contribution >= 0.6 is 0 Å². The molecule has 1 aliphatic carbocycles. The summed E-state index contributed by atoms with van der Waals surface area (Å²) in [5, 5.41) is 10.00. The molecule has 3 aromatic rings. The molecule has 0 saturated carbocycles. The molecule has 0 fully saturated rings. The van der Waals surface area contributed by atoms with Crippen molar-refractivity contribution < 1.29 is 22.7 Å². The molecule has 0 aliphatic heterocycles. The summed E-state index contributed by atoms with van der Waals surface area (Å²) in [7, 11) is -2.27. The fourth-order valence-electron chi connectivity index (χ4n) is 3.94. The van der Waals surface area contributed by atoms with E-state index in [9.17, 15) is 22.7 Å². The van der Waals surface area contributed by atoms with E-state index in [2.05, 4.69) is 9.97 Å². The van der Waals surface area contributed by atoms with E-state index in [1.165, 1.54) is 29.8 Å². The van der Waals surface area contributed by atoms with Crippen molar-refractivity contribution in [1.29, 1.82) is 0 Å². The molecule has 29 heavy (non-hydrogen) atoms. The lowest BCUT2D eigenvalue weighted by molar-refractivity contribution is -0.137. The van der Waals surface area contributed by atoms with Crippen LogP contribution in [0.3, 0.4) is 0 Å². The molecule has 1 aliphatic rings. The van der Waals surface area contributed by atoms with Crippen LogP contribution in [0.5, 0.6) is 0 Å². The summed E-state index contributed by atoms with van der Waals surface area (Å²) >= 11 is 0. The number of carboxylic acid groups (broad SMARTS) is 1. The van der Waals surface area contributed by atoms with Crippen LogP contribution < -0.4 is 0 Å². The maximum atomic E-state index is 13.2. The maximum absolute atomic E-state index is 13.2. The van der Waals surface area contributed by atoms with Gasteiger partial charge in [-0.1, -0.05) is 0 Å². The van der Waals surface area contributed by atoms with Crippen molar-refractivity contribution in [3.8, 4) is 0 Å². The Kier molecular flexibility index (Phi) is 4.83. The zero-order valence-electron chi connectivity index (χ0n) is 15.6. The van der Waals surface area contributed by atoms with Crippen molar-refractivity contribution in [1.82, 2.24) is 18.8 Å². The van der Waals surface area contributed by atoms with Crippen molar-refractivity contribution in [2.24, 2.45) is 0 Å². The number of benzene rings is 1. The van der Waals surface area contributed by atoms with Crippen LogP contribution in [0.2, 0.25) is 0 Å². The molecule has 0 spiro atoms. The second-order valence-electron chi connectivity index (χ2n) is 7.04. The van der Waals surface area contributed by atoms with Crippen molar-refractivity contribution in [2.45, 2.75) is 36.7 Å². The molecule has 1 aromatic carbocycles. The Balaban J connectivity index is 1.70. The van der Waals surface area contributed by atoms with Crippen LogP contribution in [0.4, 0.5) is 4.39 Å². The number of carbonyl (C=O) groups is 1. The summed E-state index contributed by atoms with van der Waals surface area (Å²) < 4.78 is 42.1. The van der Waals surface area contributed by atoms with Crippen LogP contribution in [0.15, 0.2) is 41.7 Å². The standard InChI is InChI=1S/C19H19FN4O4S/c1-23(29(27,28)14-5-2-12(20)3-6-14)13-4-7-17-15(8-13)16-9-21-11-22-19(16)24(17)10-18(25)26/h2-3,5-6,9,11,13H,4,7-8,10H2,1H3,(H,25,26). The molecule has 10 heteroatoms. The average molecular weight is 418 g/mol. The monoisotopic (exact) mass is 418 g/mol. The van der Waals surface area contributed by atoms with E-state index in [0.717, 1.165) is 28.8 Å². The number of sulfonamides is 1. The molecule has 0 amide bonds. The molecule has 1 unspecified atom stereocenters. The smallest absolute Gasteiger partial charge is 0.323 e. The van der Waals surface area contributed by atoms with Gasteiger partial charge >= 0.3 is 5.97 Å². The van der Waals surface area contributed by atoms with E-state index in [4.69, 9.17) is 0 Å². The van der Waals surface area contributed by atoms with Gasteiger partial charge in [0.05, 0.1) is 4.90 Å². The molecule has 0 saturated heterocycles. The fourth-order valence-corrected chi connectivity index (χ4v) is 5.32. The number of aromatic nitrogens is 3. The van der Waals surface area contributed by atoms with Gasteiger partial charge in [-0.15, -0.1) is 0 Å². The zero-order chi connectivity index (χ0) is 20.8. The van der Waals surface area contributed by atoms with Gasteiger partial charge in [-0.2, -0.15) is 4.31 Å². The fraction of sp³-hybridized carbons (Fsp3) is 0.316. The first-order valence-corrected chi connectivity index (χ1v) is 10.5. The quantitative estimate of drug-likeness (QED) is 0.678. The minimum atomic E-state index is -3.79. The first kappa shape index (κ1) is 19.5. The third kappa shape index (κ3) is 3.38. The number of fused-ring (bicyclic) bond motifs is 3. The summed E-state index contributed by atoms with van der Waals surface area (Å²) in [5.41, 5.74) is 2.27. The van der Waals surface area contributed by atoms with E-state index in [1.54, 1.807) is 10.8 Å². The van der Waals surface area contributed by atoms with Gasteiger partial charge in [0.1, 0.15) is 24.3 Å². The Bertz CT molecular complexity index is 1190. The third-order valence-corrected chi connectivity index (χ3v) is 7.32. The highest BCUT2D eigenvalue weighted by Crippen LogP contribution is 2.33. The van der Waals surface area contributed by atoms with Gasteiger partial charge in [0.25, 0.3) is 0 Å². The number of carboxylic acids is 1. The Labute approximate surface area is 166 Å². The van der Waals surface area contributed by atoms with Crippen LogP contribution in [0.1, 0.15) is 17.7 Å². The molecule has 0 radical (unpaired) electrons. The third-order valence-electron chi connectivity index (χ3n) is 5.40. The van der Waals surface area contributed by atoms with Crippen LogP contribution in [0.25, 0.3) is 11.0 Å². The lowest BCUT2D eigenvalue weighted by Crippen LogP contribution is -2.40. The molecular weight excluding hydrogens is 399 g/mol. The molecule has 8 nitrogen and oxygen atoms in total. The Morgan fingerprint density at radius 3 is 2.76 bits per heavy atom. The second kappa shape index (κ2) is 7.20. The molecule has 4 rings (SSSR count). The maximum Gasteiger partial charge on any atom is 0.323 e. The number of hydrogen-bond acceptors (Lipinski definition) is 5. The van der Waals surface area contributed by atoms with Gasteiger partial charge in [-0.25, -0.2) is 22.8 Å². The van der Waals surface area contributed by atoms with E-state index in [0.29, 0.717) is 24.9 Å². The Morgan fingerprint density at radius 1 is 1.34 bits per heavy atom. The van der Waals surface area contributed by atoms with Gasteiger partial charge in [-0.3, -0.25) is 4.79 Å². The minimum Gasteiger partial charge on any atom is -0.480 e. The lowest BCUT2D eigenvalue weighted by atomic mass is 9.92. The number of rotatable bonds is 5. The first-order valence-electron chi connectivity index (χ1n) is 9.04. The number of nitrogens with zero attached hydrogens (tertiary/aromatic N) is 4. The van der Waals surface area contributed by atoms with Crippen molar-refractivity contribution >= 4 is 27.0 Å². The molecule has 2 aromatic heterocycles. The van der Waals surface area contributed by atoms with E-state index in [-0.39, 0.29) is 17.5 Å². The summed E-state index contributed by atoms with van der Waals surface area (Å²) in [6.07, 6.45) is 4.48. The largest absolute Gasteiger partial charge is 0.480 e. The highest BCUT2D eigenvalue weighted by atomic mass is 32.2. The Morgan fingerprint density at radius 2 is 2.07 bits per heavy atom. The molecular formula is C19H19FN4O4S. The van der Waals surface area contributed by atoms with Gasteiger partial charge in [0.15, 0.2) is 0 Å². The number of aliphatic carboxylic acids is 1. The van der Waals surface area contributed by atoms with Crippen molar-refractivity contribution in [2.75, 3.05) is 7.05 Å². The summed E-state index contributed by atoms with van der Waals surface area (Å²) in [5.74, 6) is -1.47. The average Bonchev–Trinajstić information content (AvgIpc) is 3.00. The highest BCUT2D eigenvalue weighted by Gasteiger charge is 2.34. The van der Waals surface area contributed by atoms with Crippen LogP contribution in [-0.2, 0) is 34.2 Å². The van der Waals surface area contributed by atoms with Crippen molar-refractivity contribution in [3.05, 3.63) is 53.9 Å². The molecule has 1 atom stereocenters. The number of halogens is 1. The Hall–Kier alpha value is -2.85. The predicted molar refractivity (Wildman–Crippen MR) is 102 cm³/mol. The van der Waals surface area contributed by atoms with Crippen molar-refractivity contribution in [3.63, 3.8) is 0 Å². The normalized spacial score (nSPS) is 16.9. The predicted octanol–water partition coefficient (Wildman–Crippen LogP) is 1.83. The van der Waals surface area contributed by atoms with Gasteiger partial charge in [-0.05, 0) is 49.1 Å². The lowest BCUT2D eigenvalue weighted by Gasteiger charge is -2.31. The first-order chi connectivity index (χ1) is 13.8. The number of likely N-dealkylation sites (N-methyl/N-ethyl adjacent to an activating group) is 1. The number of hydrogen-bond donors (Lipinski definition) is 1. The summed E-state index contributed by atoms with van der Waals surface area (Å²) in [6, 6.07) is 4.43. The second-order valence-corrected chi connectivity index (χ2v) is 9.03. The highest BCUT2D eigenvalue weighted by molar-refractivity contribution is 7.89. The van der Waals surface area contributed by atoms with Crippen LogP contribution in [0, 0.1) is 5.82 Å². The zero-order valence-corrected chi connectivity index (χ0v) is 16.4. The van der Waals surface area contributed by atoms with Gasteiger partial charge in [0, 0.05) is 30.4 Å². The van der Waals surface area contributed by atoms with Crippen LogP contribution in [-0.4, -0.2) is 51.4 Å². The molecule has 152 valence electrons. The molecule has 0 bridgehead atoms. The minimum absolute atomic E-state index is 0.0313. The van der Waals surface area contributed by atoms with E-state index < -0.39 is 21.8 Å². The van der Waals surface area contributed by atoms with E-state index in [1.807, 2.05) is 0 Å². The van der Waals surface area contributed by atoms with Gasteiger partial charge < -0.3 is 9.67 Å². The van der Waals surface area contributed by atoms with Gasteiger partial charge in [0.2, 0.25) is 10.0 Å². The summed E-state index contributed by atoms with van der Waals surface area (Å²) in [4.78, 5) is 19.6. The SMILES string of the molecule is CN(C1CCc2c(c3cncnc3n2CC(=O)O)C1)S(=O)(=O)c1ccc(F)cc1. The summed E-state index contributed by atoms with van der Waals surface area (Å²) in [6.45, 7) is -0.211. The topological polar surface area (TPSA) is 105 Å². The molecule has 1 N–H and O–H groups in total.